The van der Waals surface area contributed by atoms with Gasteiger partial charge >= 0.3 is 0 Å². The predicted octanol–water partition coefficient (Wildman–Crippen LogP) is 13.6. The van der Waals surface area contributed by atoms with Crippen LogP contribution in [-0.4, -0.2) is 29.1 Å². The summed E-state index contributed by atoms with van der Waals surface area (Å²) in [6.07, 6.45) is 50.1. The second-order valence-corrected chi connectivity index (χ2v) is 13.6. The van der Waals surface area contributed by atoms with Crippen molar-refractivity contribution < 1.29 is 0 Å². The lowest BCUT2D eigenvalue weighted by molar-refractivity contribution is 0.137. The van der Waals surface area contributed by atoms with Crippen LogP contribution in [0.3, 0.4) is 0 Å². The molecule has 1 unspecified atom stereocenters. The minimum atomic E-state index is 0.638. The van der Waals surface area contributed by atoms with E-state index < -0.39 is 0 Å². The van der Waals surface area contributed by atoms with Gasteiger partial charge in [-0.2, -0.15) is 0 Å². The summed E-state index contributed by atoms with van der Waals surface area (Å²) < 4.78 is 0. The van der Waals surface area contributed by atoms with Crippen LogP contribution >= 0.6 is 0 Å². The minimum absolute atomic E-state index is 0.638. The van der Waals surface area contributed by atoms with E-state index >= 15 is 0 Å². The third-order valence-corrected chi connectivity index (χ3v) is 9.53. The van der Waals surface area contributed by atoms with Gasteiger partial charge in [0, 0.05) is 25.5 Å². The van der Waals surface area contributed by atoms with Crippen molar-refractivity contribution in [3.63, 3.8) is 0 Å². The predicted molar refractivity (Wildman–Crippen MR) is 186 cm³/mol. The molecule has 1 atom stereocenters. The summed E-state index contributed by atoms with van der Waals surface area (Å²) in [4.78, 5) is 5.31. The summed E-state index contributed by atoms with van der Waals surface area (Å²) in [6.45, 7) is 9.43. The summed E-state index contributed by atoms with van der Waals surface area (Å²) in [6, 6.07) is 0. The zero-order valence-corrected chi connectivity index (χ0v) is 29.0. The van der Waals surface area contributed by atoms with E-state index in [0.29, 0.717) is 6.17 Å². The van der Waals surface area contributed by atoms with Gasteiger partial charge in [-0.25, -0.2) is 0 Å². The molecule has 0 spiro atoms. The molecule has 2 heteroatoms. The fourth-order valence-electron chi connectivity index (χ4n) is 6.78. The highest BCUT2D eigenvalue weighted by atomic mass is 15.4. The Morgan fingerprint density at radius 3 is 0.951 bits per heavy atom. The molecule has 41 heavy (non-hydrogen) atoms. The van der Waals surface area contributed by atoms with Crippen LogP contribution in [-0.2, 0) is 0 Å². The molecule has 0 bridgehead atoms. The van der Waals surface area contributed by atoms with Gasteiger partial charge in [-0.3, -0.25) is 0 Å². The molecule has 1 heterocycles. The Labute approximate surface area is 260 Å². The quantitative estimate of drug-likeness (QED) is 0.0719. The number of nitrogens with zero attached hydrogens (tertiary/aromatic N) is 2. The first-order valence-corrected chi connectivity index (χ1v) is 19.5. The molecule has 0 radical (unpaired) electrons. The molecule has 2 nitrogen and oxygen atoms in total. The molecule has 1 aliphatic rings. The van der Waals surface area contributed by atoms with E-state index in [-0.39, 0.29) is 0 Å². The molecule has 0 aromatic carbocycles. The van der Waals surface area contributed by atoms with Crippen molar-refractivity contribution in [1.29, 1.82) is 0 Å². The van der Waals surface area contributed by atoms with Gasteiger partial charge in [-0.15, -0.1) is 0 Å². The minimum Gasteiger partial charge on any atom is -0.356 e. The highest BCUT2D eigenvalue weighted by molar-refractivity contribution is 4.96. The van der Waals surface area contributed by atoms with Crippen LogP contribution in [0.4, 0.5) is 0 Å². The molecule has 0 aliphatic carbocycles. The Bertz CT molecular complexity index is 530. The second-order valence-electron chi connectivity index (χ2n) is 13.6. The molecular formula is C39H78N2. The van der Waals surface area contributed by atoms with Crippen molar-refractivity contribution in [3.05, 3.63) is 12.4 Å². The molecule has 1 aliphatic heterocycles. The third kappa shape index (κ3) is 23.5. The van der Waals surface area contributed by atoms with Crippen LogP contribution < -0.4 is 0 Å². The molecular weight excluding hydrogens is 496 g/mol. The van der Waals surface area contributed by atoms with Gasteiger partial charge in [0.1, 0.15) is 6.17 Å². The second kappa shape index (κ2) is 30.8. The van der Waals surface area contributed by atoms with Crippen molar-refractivity contribution >= 4 is 0 Å². The maximum Gasteiger partial charge on any atom is 0.101 e. The molecule has 0 aromatic rings. The van der Waals surface area contributed by atoms with E-state index in [1.165, 1.54) is 212 Å². The molecule has 244 valence electrons. The molecule has 0 amide bonds. The highest BCUT2D eigenvalue weighted by Crippen LogP contribution is 2.23. The van der Waals surface area contributed by atoms with E-state index in [2.05, 4.69) is 43.0 Å². The van der Waals surface area contributed by atoms with Gasteiger partial charge in [-0.1, -0.05) is 194 Å². The Kier molecular flexibility index (Phi) is 28.8. The lowest BCUT2D eigenvalue weighted by Gasteiger charge is -2.33. The third-order valence-electron chi connectivity index (χ3n) is 9.53. The van der Waals surface area contributed by atoms with Gasteiger partial charge in [0.25, 0.3) is 0 Å². The molecule has 0 aromatic heterocycles. The molecule has 0 saturated carbocycles. The average Bonchev–Trinajstić information content (AvgIpc) is 3.36. The lowest BCUT2D eigenvalue weighted by atomic mass is 10.0. The van der Waals surface area contributed by atoms with Gasteiger partial charge in [0.05, 0.1) is 0 Å². The van der Waals surface area contributed by atoms with Gasteiger partial charge < -0.3 is 9.80 Å². The number of hydrogen-bond acceptors (Lipinski definition) is 2. The monoisotopic (exact) mass is 575 g/mol. The zero-order valence-electron chi connectivity index (χ0n) is 29.0. The van der Waals surface area contributed by atoms with Crippen molar-refractivity contribution in [2.24, 2.45) is 0 Å². The maximum atomic E-state index is 2.68. The van der Waals surface area contributed by atoms with Crippen LogP contribution in [0.2, 0.25) is 0 Å². The first kappa shape index (κ1) is 38.4. The van der Waals surface area contributed by atoms with Gasteiger partial charge in [-0.05, 0) is 25.7 Å². The number of unbranched alkanes of at least 4 members (excludes halogenated alkanes) is 27. The van der Waals surface area contributed by atoms with Crippen LogP contribution in [0.5, 0.6) is 0 Å². The Morgan fingerprint density at radius 2 is 0.610 bits per heavy atom. The summed E-state index contributed by atoms with van der Waals surface area (Å²) >= 11 is 0. The van der Waals surface area contributed by atoms with Crippen molar-refractivity contribution in [1.82, 2.24) is 9.80 Å². The van der Waals surface area contributed by atoms with Gasteiger partial charge in [0.2, 0.25) is 0 Å². The van der Waals surface area contributed by atoms with Crippen LogP contribution in [0.1, 0.15) is 220 Å². The SMILES string of the molecule is CCCCCCCCCCCCCCCCCCCN1C=CN(CCC)C1CCCCCCCCCCCCCC. The smallest absolute Gasteiger partial charge is 0.101 e. The van der Waals surface area contributed by atoms with Crippen LogP contribution in [0.25, 0.3) is 0 Å². The van der Waals surface area contributed by atoms with Crippen molar-refractivity contribution in [2.75, 3.05) is 13.1 Å². The van der Waals surface area contributed by atoms with Gasteiger partial charge in [0.15, 0.2) is 0 Å². The van der Waals surface area contributed by atoms with E-state index in [1.807, 2.05) is 0 Å². The van der Waals surface area contributed by atoms with Crippen LogP contribution in [0, 0.1) is 0 Å². The van der Waals surface area contributed by atoms with E-state index in [9.17, 15) is 0 Å². The van der Waals surface area contributed by atoms with Crippen LogP contribution in [0.15, 0.2) is 12.4 Å². The Balaban J connectivity index is 1.96. The molecule has 0 N–H and O–H groups in total. The Morgan fingerprint density at radius 1 is 0.317 bits per heavy atom. The summed E-state index contributed by atoms with van der Waals surface area (Å²) in [7, 11) is 0. The number of hydrogen-bond donors (Lipinski definition) is 0. The summed E-state index contributed by atoms with van der Waals surface area (Å²) in [5, 5.41) is 0. The normalized spacial score (nSPS) is 15.0. The average molecular weight is 575 g/mol. The van der Waals surface area contributed by atoms with E-state index in [1.54, 1.807) is 0 Å². The Hall–Kier alpha value is -0.660. The number of rotatable bonds is 33. The summed E-state index contributed by atoms with van der Waals surface area (Å²) in [5.74, 6) is 0. The maximum absolute atomic E-state index is 2.68. The first-order valence-electron chi connectivity index (χ1n) is 19.5. The summed E-state index contributed by atoms with van der Waals surface area (Å²) in [5.41, 5.74) is 0. The molecule has 0 saturated heterocycles. The topological polar surface area (TPSA) is 6.48 Å². The highest BCUT2D eigenvalue weighted by Gasteiger charge is 2.24. The zero-order chi connectivity index (χ0) is 29.5. The van der Waals surface area contributed by atoms with E-state index in [4.69, 9.17) is 0 Å². The van der Waals surface area contributed by atoms with Crippen molar-refractivity contribution in [3.8, 4) is 0 Å². The van der Waals surface area contributed by atoms with Crippen molar-refractivity contribution in [2.45, 2.75) is 226 Å². The molecule has 1 rings (SSSR count). The lowest BCUT2D eigenvalue weighted by Crippen LogP contribution is -2.39. The standard InChI is InChI=1S/C39H78N2/c1-4-7-9-11-13-15-17-19-20-21-22-23-25-27-29-31-33-36-41-38-37-40(35-6-3)39(41)34-32-30-28-26-24-18-16-14-12-10-8-5-2/h37-39H,4-36H2,1-3H3. The molecule has 0 fully saturated rings. The largest absolute Gasteiger partial charge is 0.356 e. The van der Waals surface area contributed by atoms with E-state index in [0.717, 1.165) is 0 Å². The fourth-order valence-corrected chi connectivity index (χ4v) is 6.78. The fraction of sp³-hybridized carbons (Fsp3) is 0.949. The first-order chi connectivity index (χ1) is 20.3.